The Labute approximate surface area is 378 Å². The van der Waals surface area contributed by atoms with Crippen molar-refractivity contribution in [3.8, 4) is 0 Å². The molecule has 0 spiro atoms. The first-order chi connectivity index (χ1) is 31.7. The molecule has 0 aliphatic carbocycles. The van der Waals surface area contributed by atoms with Crippen molar-refractivity contribution >= 4 is 0 Å². The van der Waals surface area contributed by atoms with Crippen LogP contribution in [0, 0.1) is 0 Å². The van der Waals surface area contributed by atoms with Crippen molar-refractivity contribution in [2.24, 2.45) is 0 Å². The topological polar surface area (TPSA) is 506 Å². The predicted molar refractivity (Wildman–Crippen MR) is 199 cm³/mol. The highest BCUT2D eigenvalue weighted by Crippen LogP contribution is 2.35. The van der Waals surface area contributed by atoms with Crippen molar-refractivity contribution in [3.63, 3.8) is 0 Å². The fraction of sp³-hybridized carbons (Fsp3) is 1.00. The number of aliphatic hydroxyl groups excluding tert-OH is 20. The standard InChI is InChI=1S/C36H62O31/c37-1-7-13(41)18(46)23(51)32(60-7)58-6-12-15(43)19(47)24(52)34(64-12)65-29-10(4-40)63-35(26(54)21(29)49)67-30-16(44)8(2-38)61-36(27(30)55)66-28-9(3-39)62-33(25(53)20(28)48)57-5-11-14(42)17(45)22(50)31(56)59-11/h7-56H,1-6H2/t7-,8-,9-,10-,11-,12-,13-,14-,15+,16+,17+,18+,19+,20-,21-,22-,23-,24-,25-,26-,27-,28-,29+,30+,31-,32-,33-,34+,35-,36+/m1/s1. The Morgan fingerprint density at radius 1 is 0.254 bits per heavy atom. The molecule has 0 radical (unpaired) electrons. The Balaban J connectivity index is 1.08. The van der Waals surface area contributed by atoms with Crippen LogP contribution in [0.2, 0.25) is 0 Å². The highest BCUT2D eigenvalue weighted by Gasteiger charge is 2.56. The third kappa shape index (κ3) is 11.5. The molecule has 6 rings (SSSR count). The fourth-order valence-electron chi connectivity index (χ4n) is 8.30. The summed E-state index contributed by atoms with van der Waals surface area (Å²) in [6, 6.07) is 0. The van der Waals surface area contributed by atoms with E-state index in [-0.39, 0.29) is 0 Å². The molecule has 20 N–H and O–H groups in total. The van der Waals surface area contributed by atoms with Crippen LogP contribution in [0.5, 0.6) is 0 Å². The summed E-state index contributed by atoms with van der Waals surface area (Å²) in [5, 5.41) is 209. The molecule has 67 heavy (non-hydrogen) atoms. The average molecular weight is 991 g/mol. The largest absolute Gasteiger partial charge is 0.394 e. The Bertz CT molecular complexity index is 1500. The monoisotopic (exact) mass is 990 g/mol. The molecule has 392 valence electrons. The maximum atomic E-state index is 11.4. The minimum absolute atomic E-state index is 0.704. The van der Waals surface area contributed by atoms with Crippen molar-refractivity contribution in [1.29, 1.82) is 0 Å². The van der Waals surface area contributed by atoms with Crippen LogP contribution in [-0.4, -0.2) is 326 Å². The first-order valence-electron chi connectivity index (χ1n) is 21.1. The molecule has 6 fully saturated rings. The van der Waals surface area contributed by atoms with Crippen LogP contribution in [0.1, 0.15) is 0 Å². The van der Waals surface area contributed by atoms with Crippen molar-refractivity contribution in [2.75, 3.05) is 39.6 Å². The van der Waals surface area contributed by atoms with E-state index in [4.69, 9.17) is 52.1 Å². The van der Waals surface area contributed by atoms with E-state index in [1.54, 1.807) is 0 Å². The highest BCUT2D eigenvalue weighted by atomic mass is 16.8. The molecule has 0 unspecified atom stereocenters. The molecule has 6 saturated heterocycles. The molecule has 31 nitrogen and oxygen atoms in total. The van der Waals surface area contributed by atoms with Crippen LogP contribution in [0.3, 0.4) is 0 Å². The number of ether oxygens (including phenoxy) is 11. The molecule has 0 bridgehead atoms. The van der Waals surface area contributed by atoms with Crippen molar-refractivity contribution in [1.82, 2.24) is 0 Å². The molecule has 0 aromatic rings. The quantitative estimate of drug-likeness (QED) is 0.0683. The number of rotatable bonds is 16. The summed E-state index contributed by atoms with van der Waals surface area (Å²) >= 11 is 0. The zero-order chi connectivity index (χ0) is 49.3. The van der Waals surface area contributed by atoms with Gasteiger partial charge in [-0.15, -0.1) is 0 Å². The van der Waals surface area contributed by atoms with Crippen molar-refractivity contribution in [3.05, 3.63) is 0 Å². The summed E-state index contributed by atoms with van der Waals surface area (Å²) in [7, 11) is 0. The van der Waals surface area contributed by atoms with E-state index in [0.29, 0.717) is 0 Å². The molecule has 0 aromatic carbocycles. The van der Waals surface area contributed by atoms with Crippen LogP contribution in [0.15, 0.2) is 0 Å². The molecular weight excluding hydrogens is 928 g/mol. The third-order valence-corrected chi connectivity index (χ3v) is 12.4. The minimum Gasteiger partial charge on any atom is -0.394 e. The maximum absolute atomic E-state index is 11.4. The van der Waals surface area contributed by atoms with E-state index >= 15 is 0 Å². The van der Waals surface area contributed by atoms with Gasteiger partial charge in [0, 0.05) is 0 Å². The van der Waals surface area contributed by atoms with Gasteiger partial charge in [0.2, 0.25) is 0 Å². The smallest absolute Gasteiger partial charge is 0.187 e. The lowest BCUT2D eigenvalue weighted by molar-refractivity contribution is -0.391. The summed E-state index contributed by atoms with van der Waals surface area (Å²) < 4.78 is 60.2. The zero-order valence-corrected chi connectivity index (χ0v) is 35.0. The second kappa shape index (κ2) is 23.5. The van der Waals surface area contributed by atoms with Gasteiger partial charge in [-0.1, -0.05) is 0 Å². The van der Waals surface area contributed by atoms with Crippen LogP contribution in [-0.2, 0) is 52.1 Å². The first-order valence-corrected chi connectivity index (χ1v) is 21.1. The second-order valence-electron chi connectivity index (χ2n) is 16.8. The molecule has 0 amide bonds. The zero-order valence-electron chi connectivity index (χ0n) is 35.0. The summed E-state index contributed by atoms with van der Waals surface area (Å²) in [5.41, 5.74) is 0. The first kappa shape index (κ1) is 55.1. The van der Waals surface area contributed by atoms with Crippen LogP contribution in [0.4, 0.5) is 0 Å². The molecule has 0 aromatic heterocycles. The van der Waals surface area contributed by atoms with Gasteiger partial charge in [0.25, 0.3) is 0 Å². The Hall–Kier alpha value is -1.24. The van der Waals surface area contributed by atoms with Gasteiger partial charge in [0.1, 0.15) is 146 Å². The highest BCUT2D eigenvalue weighted by molar-refractivity contribution is 4.99. The lowest BCUT2D eigenvalue weighted by Crippen LogP contribution is -2.67. The van der Waals surface area contributed by atoms with Gasteiger partial charge in [0.05, 0.1) is 39.6 Å². The van der Waals surface area contributed by atoms with E-state index < -0.39 is 224 Å². The van der Waals surface area contributed by atoms with E-state index in [9.17, 15) is 102 Å². The summed E-state index contributed by atoms with van der Waals surface area (Å²) in [5.74, 6) is 0. The molecule has 6 aliphatic heterocycles. The van der Waals surface area contributed by atoms with Crippen LogP contribution in [0.25, 0.3) is 0 Å². The summed E-state index contributed by atoms with van der Waals surface area (Å²) in [6.45, 7) is -5.24. The van der Waals surface area contributed by atoms with Crippen LogP contribution >= 0.6 is 0 Å². The molecule has 0 saturated carbocycles. The molecule has 31 heteroatoms. The number of hydrogen-bond acceptors (Lipinski definition) is 31. The van der Waals surface area contributed by atoms with Gasteiger partial charge in [-0.2, -0.15) is 0 Å². The maximum Gasteiger partial charge on any atom is 0.187 e. The van der Waals surface area contributed by atoms with Gasteiger partial charge in [-0.3, -0.25) is 0 Å². The number of hydrogen-bond donors (Lipinski definition) is 20. The van der Waals surface area contributed by atoms with Gasteiger partial charge in [-0.05, 0) is 0 Å². The normalized spacial score (nSPS) is 53.4. The van der Waals surface area contributed by atoms with E-state index in [1.807, 2.05) is 0 Å². The Kier molecular flexibility index (Phi) is 19.4. The van der Waals surface area contributed by atoms with E-state index in [1.165, 1.54) is 0 Å². The minimum atomic E-state index is -2.21. The molecule has 30 atom stereocenters. The fourth-order valence-corrected chi connectivity index (χ4v) is 8.30. The van der Waals surface area contributed by atoms with Gasteiger partial charge in [0.15, 0.2) is 37.7 Å². The van der Waals surface area contributed by atoms with Crippen molar-refractivity contribution in [2.45, 2.75) is 184 Å². The third-order valence-electron chi connectivity index (χ3n) is 12.4. The lowest BCUT2D eigenvalue weighted by Gasteiger charge is -2.49. The predicted octanol–water partition coefficient (Wildman–Crippen LogP) is -14.1. The molecule has 6 aliphatic rings. The van der Waals surface area contributed by atoms with E-state index in [2.05, 4.69) is 0 Å². The number of aliphatic hydroxyl groups is 20. The summed E-state index contributed by atoms with van der Waals surface area (Å²) in [4.78, 5) is 0. The molecule has 6 heterocycles. The Morgan fingerprint density at radius 3 is 1.06 bits per heavy atom. The van der Waals surface area contributed by atoms with Crippen molar-refractivity contribution < 1.29 is 154 Å². The van der Waals surface area contributed by atoms with Gasteiger partial charge < -0.3 is 154 Å². The second-order valence-corrected chi connectivity index (χ2v) is 16.8. The van der Waals surface area contributed by atoms with Gasteiger partial charge in [-0.25, -0.2) is 0 Å². The lowest BCUT2D eigenvalue weighted by atomic mass is 9.95. The average Bonchev–Trinajstić information content (AvgIpc) is 3.31. The summed E-state index contributed by atoms with van der Waals surface area (Å²) in [6.07, 6.45) is -56.1. The molecular formula is C36H62O31. The SMILES string of the molecule is OC[C@H]1O[C@@H](O[C@H]2[C@H](O)[C@@H](O)[C@H](OC[C@H]3O[C@@H](O)[C@H](O)[C@@H](O)[C@@H]3O)O[C@@H]2CO)[C@H](O)[C@@H](O[C@H]2O[C@H](CO)[C@H](O[C@@H]3O[C@H](CO[C@@H]4O[C@H](CO)[C@@H](O)[C@H](O)[C@H]4O)[C@H](O)[C@H](O)[C@H]3O)[C@H](O)[C@H]2O)[C@H]1O. The Morgan fingerprint density at radius 2 is 0.567 bits per heavy atom. The van der Waals surface area contributed by atoms with E-state index in [0.717, 1.165) is 0 Å². The van der Waals surface area contributed by atoms with Gasteiger partial charge >= 0.3 is 0 Å². The van der Waals surface area contributed by atoms with Crippen LogP contribution < -0.4 is 0 Å².